The van der Waals surface area contributed by atoms with E-state index in [0.29, 0.717) is 35.3 Å². The van der Waals surface area contributed by atoms with Crippen LogP contribution in [0.25, 0.3) is 33.5 Å². The van der Waals surface area contributed by atoms with Gasteiger partial charge in [-0.25, -0.2) is 18.5 Å². The molecule has 0 saturated carbocycles. The first-order valence-electron chi connectivity index (χ1n) is 8.58. The zero-order valence-electron chi connectivity index (χ0n) is 15.3. The van der Waals surface area contributed by atoms with Crippen LogP contribution in [-0.2, 0) is 10.0 Å². The molecular formula is C19H18N4O4S. The summed E-state index contributed by atoms with van der Waals surface area (Å²) in [6.45, 7) is 4.14. The van der Waals surface area contributed by atoms with E-state index in [-0.39, 0.29) is 4.90 Å². The molecule has 0 spiro atoms. The molecule has 2 aromatic carbocycles. The number of fused-ring (bicyclic) bond motifs is 1. The van der Waals surface area contributed by atoms with Crippen molar-refractivity contribution in [3.05, 3.63) is 48.5 Å². The molecule has 0 aliphatic rings. The molecule has 0 atom stereocenters. The number of sulfonamides is 1. The number of benzene rings is 2. The highest BCUT2D eigenvalue weighted by Gasteiger charge is 2.18. The van der Waals surface area contributed by atoms with Crippen LogP contribution in [0.4, 0.5) is 0 Å². The number of H-pyrrole nitrogens is 1. The van der Waals surface area contributed by atoms with Crippen LogP contribution in [-0.4, -0.2) is 30.2 Å². The van der Waals surface area contributed by atoms with Crippen molar-refractivity contribution in [2.45, 2.75) is 18.7 Å². The molecule has 4 aromatic rings. The largest absolute Gasteiger partial charge is 0.493 e. The van der Waals surface area contributed by atoms with Crippen LogP contribution >= 0.6 is 0 Å². The number of aromatic nitrogens is 3. The lowest BCUT2D eigenvalue weighted by Gasteiger charge is -2.09. The van der Waals surface area contributed by atoms with E-state index in [1.54, 1.807) is 25.3 Å². The predicted molar refractivity (Wildman–Crippen MR) is 104 cm³/mol. The van der Waals surface area contributed by atoms with Gasteiger partial charge in [0.05, 0.1) is 28.8 Å². The van der Waals surface area contributed by atoms with Gasteiger partial charge in [0.25, 0.3) is 0 Å². The summed E-state index contributed by atoms with van der Waals surface area (Å²) >= 11 is 0. The summed E-state index contributed by atoms with van der Waals surface area (Å²) in [6.07, 6.45) is 1.64. The van der Waals surface area contributed by atoms with E-state index >= 15 is 0 Å². The first-order valence-corrected chi connectivity index (χ1v) is 10.1. The van der Waals surface area contributed by atoms with Crippen LogP contribution in [0.1, 0.15) is 12.8 Å². The topological polar surface area (TPSA) is 124 Å². The van der Waals surface area contributed by atoms with E-state index in [9.17, 15) is 8.42 Å². The zero-order valence-corrected chi connectivity index (χ0v) is 16.1. The van der Waals surface area contributed by atoms with Gasteiger partial charge in [0.1, 0.15) is 11.4 Å². The molecule has 0 aliphatic heterocycles. The maximum Gasteiger partial charge on any atom is 0.238 e. The smallest absolute Gasteiger partial charge is 0.238 e. The number of primary sulfonamides is 1. The first kappa shape index (κ1) is 18.2. The fraction of sp³-hybridized carbons (Fsp3) is 0.158. The van der Waals surface area contributed by atoms with Gasteiger partial charge in [0, 0.05) is 17.9 Å². The van der Waals surface area contributed by atoms with Crippen LogP contribution < -0.4 is 9.88 Å². The predicted octanol–water partition coefficient (Wildman–Crippen LogP) is 3.24. The Morgan fingerprint density at radius 2 is 2.07 bits per heavy atom. The molecule has 0 fully saturated rings. The van der Waals surface area contributed by atoms with Gasteiger partial charge in [-0.05, 0) is 31.2 Å². The standard InChI is InChI=1S/C19H18N4O4S/c1-3-26-17-9-14-16(8-15(17)18-10-21-11(2)27-18)22-23-19(14)12-5-4-6-13(7-12)28(20,24)25/h4-10H,3H2,1-2H3,(H,22,23)(H2,20,24,25). The van der Waals surface area contributed by atoms with Crippen molar-refractivity contribution in [2.24, 2.45) is 5.14 Å². The maximum absolute atomic E-state index is 11.7. The van der Waals surface area contributed by atoms with E-state index in [2.05, 4.69) is 15.2 Å². The van der Waals surface area contributed by atoms with Crippen LogP contribution in [0.3, 0.4) is 0 Å². The Balaban J connectivity index is 1.90. The minimum absolute atomic E-state index is 0.0277. The van der Waals surface area contributed by atoms with Gasteiger partial charge >= 0.3 is 0 Å². The van der Waals surface area contributed by atoms with Crippen LogP contribution in [0.15, 0.2) is 51.9 Å². The molecule has 8 nitrogen and oxygen atoms in total. The molecule has 0 amide bonds. The third-order valence-electron chi connectivity index (χ3n) is 4.29. The number of nitrogens with one attached hydrogen (secondary N) is 1. The second-order valence-electron chi connectivity index (χ2n) is 6.22. The Bertz CT molecular complexity index is 1270. The van der Waals surface area contributed by atoms with Crippen LogP contribution in [0.5, 0.6) is 5.75 Å². The highest BCUT2D eigenvalue weighted by atomic mass is 32.2. The van der Waals surface area contributed by atoms with Crippen molar-refractivity contribution in [1.29, 1.82) is 0 Å². The normalized spacial score (nSPS) is 11.8. The quantitative estimate of drug-likeness (QED) is 0.532. The lowest BCUT2D eigenvalue weighted by atomic mass is 10.0. The van der Waals surface area contributed by atoms with Crippen molar-refractivity contribution in [2.75, 3.05) is 6.61 Å². The summed E-state index contributed by atoms with van der Waals surface area (Å²) in [5.74, 6) is 1.77. The molecule has 9 heteroatoms. The molecule has 0 unspecified atom stereocenters. The number of rotatable bonds is 5. The van der Waals surface area contributed by atoms with Crippen molar-refractivity contribution < 1.29 is 17.6 Å². The van der Waals surface area contributed by atoms with E-state index in [1.165, 1.54) is 12.1 Å². The lowest BCUT2D eigenvalue weighted by Crippen LogP contribution is -2.11. The molecule has 144 valence electrons. The Morgan fingerprint density at radius 3 is 2.75 bits per heavy atom. The fourth-order valence-corrected chi connectivity index (χ4v) is 3.60. The molecule has 0 saturated heterocycles. The Labute approximate surface area is 161 Å². The molecule has 2 aromatic heterocycles. The third-order valence-corrected chi connectivity index (χ3v) is 5.20. The van der Waals surface area contributed by atoms with Crippen LogP contribution in [0.2, 0.25) is 0 Å². The molecular weight excluding hydrogens is 380 g/mol. The average molecular weight is 398 g/mol. The summed E-state index contributed by atoms with van der Waals surface area (Å²) in [4.78, 5) is 4.17. The van der Waals surface area contributed by atoms with Crippen LogP contribution in [0, 0.1) is 6.92 Å². The van der Waals surface area contributed by atoms with Crippen molar-refractivity contribution in [1.82, 2.24) is 15.2 Å². The van der Waals surface area contributed by atoms with Gasteiger partial charge < -0.3 is 9.15 Å². The van der Waals surface area contributed by atoms with Gasteiger partial charge in [-0.2, -0.15) is 5.10 Å². The number of oxazole rings is 1. The monoisotopic (exact) mass is 398 g/mol. The Morgan fingerprint density at radius 1 is 1.25 bits per heavy atom. The Kier molecular flexibility index (Phi) is 4.40. The molecule has 2 heterocycles. The summed E-state index contributed by atoms with van der Waals surface area (Å²) in [7, 11) is -3.81. The number of nitrogens with zero attached hydrogens (tertiary/aromatic N) is 2. The fourth-order valence-electron chi connectivity index (χ4n) is 3.04. The second kappa shape index (κ2) is 6.77. The number of ether oxygens (including phenoxy) is 1. The first-order chi connectivity index (χ1) is 13.4. The number of hydrogen-bond donors (Lipinski definition) is 2. The highest BCUT2D eigenvalue weighted by molar-refractivity contribution is 7.89. The second-order valence-corrected chi connectivity index (χ2v) is 7.78. The molecule has 0 bridgehead atoms. The molecule has 3 N–H and O–H groups in total. The van der Waals surface area contributed by atoms with E-state index in [1.807, 2.05) is 19.1 Å². The summed E-state index contributed by atoms with van der Waals surface area (Å²) < 4.78 is 34.8. The molecule has 28 heavy (non-hydrogen) atoms. The van der Waals surface area contributed by atoms with Gasteiger partial charge in [-0.15, -0.1) is 0 Å². The number of aromatic amines is 1. The van der Waals surface area contributed by atoms with Gasteiger partial charge in [0.15, 0.2) is 11.7 Å². The molecule has 4 rings (SSSR count). The number of aryl methyl sites for hydroxylation is 1. The number of nitrogens with two attached hydrogens (primary N) is 1. The maximum atomic E-state index is 11.7. The van der Waals surface area contributed by atoms with Crippen molar-refractivity contribution in [3.63, 3.8) is 0 Å². The van der Waals surface area contributed by atoms with Gasteiger partial charge in [0.2, 0.25) is 10.0 Å². The minimum atomic E-state index is -3.81. The van der Waals surface area contributed by atoms with E-state index in [4.69, 9.17) is 14.3 Å². The van der Waals surface area contributed by atoms with E-state index < -0.39 is 10.0 Å². The zero-order chi connectivity index (χ0) is 19.9. The highest BCUT2D eigenvalue weighted by Crippen LogP contribution is 2.37. The summed E-state index contributed by atoms with van der Waals surface area (Å²) in [6, 6.07) is 10.1. The summed E-state index contributed by atoms with van der Waals surface area (Å²) in [5, 5.41) is 13.4. The van der Waals surface area contributed by atoms with Gasteiger partial charge in [-0.3, -0.25) is 5.10 Å². The Hall–Kier alpha value is -3.17. The van der Waals surface area contributed by atoms with Crippen molar-refractivity contribution in [3.8, 4) is 28.3 Å². The van der Waals surface area contributed by atoms with Gasteiger partial charge in [-0.1, -0.05) is 12.1 Å². The lowest BCUT2D eigenvalue weighted by molar-refractivity contribution is 0.341. The minimum Gasteiger partial charge on any atom is -0.493 e. The molecule has 0 aliphatic carbocycles. The third kappa shape index (κ3) is 3.25. The van der Waals surface area contributed by atoms with E-state index in [0.717, 1.165) is 16.5 Å². The average Bonchev–Trinajstić information content (AvgIpc) is 3.26. The number of hydrogen-bond acceptors (Lipinski definition) is 6. The SMILES string of the molecule is CCOc1cc2c(-c3cccc(S(N)(=O)=O)c3)n[nH]c2cc1-c1cnc(C)o1. The summed E-state index contributed by atoms with van der Waals surface area (Å²) in [5.41, 5.74) is 2.73. The molecule has 0 radical (unpaired) electrons. The van der Waals surface area contributed by atoms with Crippen molar-refractivity contribution >= 4 is 20.9 Å².